The second kappa shape index (κ2) is 7.51. The van der Waals surface area contributed by atoms with E-state index < -0.39 is 0 Å². The molecule has 1 saturated heterocycles. The molecule has 1 aliphatic rings. The molecule has 0 radical (unpaired) electrons. The van der Waals surface area contributed by atoms with Crippen LogP contribution in [0.25, 0.3) is 0 Å². The maximum absolute atomic E-state index is 12.5. The third-order valence-corrected chi connectivity index (χ3v) is 4.86. The van der Waals surface area contributed by atoms with Gasteiger partial charge in [-0.25, -0.2) is 4.98 Å². The lowest BCUT2D eigenvalue weighted by Gasteiger charge is -2.35. The van der Waals surface area contributed by atoms with E-state index in [4.69, 9.17) is 0 Å². The van der Waals surface area contributed by atoms with E-state index >= 15 is 0 Å². The van der Waals surface area contributed by atoms with Gasteiger partial charge < -0.3 is 9.80 Å². The Morgan fingerprint density at radius 1 is 1.09 bits per heavy atom. The number of carbonyl (C=O) groups is 1. The molecular weight excluding hydrogens is 306 g/mol. The van der Waals surface area contributed by atoms with Gasteiger partial charge in [-0.05, 0) is 36.1 Å². The molecule has 0 bridgehead atoms. The third kappa shape index (κ3) is 4.05. The number of hydrogen-bond donors (Lipinski definition) is 0. The molecule has 0 saturated carbocycles. The molecule has 1 aliphatic heterocycles. The van der Waals surface area contributed by atoms with Gasteiger partial charge in [0.15, 0.2) is 0 Å². The molecular formula is C18H21N3OS. The second-order valence-electron chi connectivity index (χ2n) is 5.58. The number of nitrogens with zero attached hydrogens (tertiary/aromatic N) is 3. The zero-order chi connectivity index (χ0) is 16.1. The van der Waals surface area contributed by atoms with Crippen LogP contribution >= 0.6 is 11.8 Å². The SMILES string of the molecule is CSc1ccc(CC(=O)N2CCN(c3ccccn3)CC2)cc1. The van der Waals surface area contributed by atoms with E-state index in [9.17, 15) is 4.79 Å². The average molecular weight is 327 g/mol. The fourth-order valence-corrected chi connectivity index (χ4v) is 3.16. The molecule has 5 heteroatoms. The first-order chi connectivity index (χ1) is 11.3. The molecule has 2 heterocycles. The number of anilines is 1. The molecule has 1 amide bonds. The van der Waals surface area contributed by atoms with Gasteiger partial charge in [0.05, 0.1) is 6.42 Å². The van der Waals surface area contributed by atoms with Crippen molar-refractivity contribution in [3.05, 3.63) is 54.2 Å². The van der Waals surface area contributed by atoms with Crippen molar-refractivity contribution in [2.75, 3.05) is 37.3 Å². The summed E-state index contributed by atoms with van der Waals surface area (Å²) in [5.74, 6) is 1.20. The molecule has 1 aromatic heterocycles. The summed E-state index contributed by atoms with van der Waals surface area (Å²) in [5.41, 5.74) is 1.08. The summed E-state index contributed by atoms with van der Waals surface area (Å²) in [4.78, 5) is 22.2. The van der Waals surface area contributed by atoms with Crippen LogP contribution < -0.4 is 4.90 Å². The quantitative estimate of drug-likeness (QED) is 0.809. The topological polar surface area (TPSA) is 36.4 Å². The summed E-state index contributed by atoms with van der Waals surface area (Å²) >= 11 is 1.72. The average Bonchev–Trinajstić information content (AvgIpc) is 2.63. The highest BCUT2D eigenvalue weighted by molar-refractivity contribution is 7.98. The van der Waals surface area contributed by atoms with Gasteiger partial charge >= 0.3 is 0 Å². The molecule has 3 rings (SSSR count). The van der Waals surface area contributed by atoms with E-state index in [1.165, 1.54) is 4.90 Å². The van der Waals surface area contributed by atoms with Crippen molar-refractivity contribution in [2.24, 2.45) is 0 Å². The summed E-state index contributed by atoms with van der Waals surface area (Å²) < 4.78 is 0. The van der Waals surface area contributed by atoms with E-state index in [1.807, 2.05) is 41.4 Å². The van der Waals surface area contributed by atoms with Gasteiger partial charge in [0.25, 0.3) is 0 Å². The number of aromatic nitrogens is 1. The summed E-state index contributed by atoms with van der Waals surface area (Å²) in [5, 5.41) is 0. The summed E-state index contributed by atoms with van der Waals surface area (Å²) in [6.07, 6.45) is 4.35. The van der Waals surface area contributed by atoms with Crippen molar-refractivity contribution < 1.29 is 4.79 Å². The van der Waals surface area contributed by atoms with Crippen molar-refractivity contribution in [1.29, 1.82) is 0 Å². The maximum Gasteiger partial charge on any atom is 0.227 e. The Labute approximate surface area is 141 Å². The first-order valence-corrected chi connectivity index (χ1v) is 9.05. The van der Waals surface area contributed by atoms with Gasteiger partial charge in [0, 0.05) is 37.3 Å². The molecule has 2 aromatic rings. The van der Waals surface area contributed by atoms with Crippen molar-refractivity contribution in [1.82, 2.24) is 9.88 Å². The molecule has 0 atom stereocenters. The van der Waals surface area contributed by atoms with Gasteiger partial charge in [-0.3, -0.25) is 4.79 Å². The molecule has 0 N–H and O–H groups in total. The van der Waals surface area contributed by atoms with Gasteiger partial charge in [-0.15, -0.1) is 11.8 Å². The van der Waals surface area contributed by atoms with Crippen molar-refractivity contribution in [2.45, 2.75) is 11.3 Å². The highest BCUT2D eigenvalue weighted by Gasteiger charge is 2.21. The molecule has 1 fully saturated rings. The van der Waals surface area contributed by atoms with Crippen LogP contribution in [0.3, 0.4) is 0 Å². The Hall–Kier alpha value is -2.01. The number of piperazine rings is 1. The number of rotatable bonds is 4. The minimum atomic E-state index is 0.211. The monoisotopic (exact) mass is 327 g/mol. The molecule has 0 spiro atoms. The Bertz CT molecular complexity index is 637. The molecule has 23 heavy (non-hydrogen) atoms. The van der Waals surface area contributed by atoms with Crippen LogP contribution in [0, 0.1) is 0 Å². The fourth-order valence-electron chi connectivity index (χ4n) is 2.76. The highest BCUT2D eigenvalue weighted by Crippen LogP contribution is 2.16. The first-order valence-electron chi connectivity index (χ1n) is 7.83. The smallest absolute Gasteiger partial charge is 0.227 e. The van der Waals surface area contributed by atoms with E-state index in [2.05, 4.69) is 28.3 Å². The summed E-state index contributed by atoms with van der Waals surface area (Å²) in [6, 6.07) is 14.2. The lowest BCUT2D eigenvalue weighted by Crippen LogP contribution is -2.49. The van der Waals surface area contributed by atoms with Crippen LogP contribution in [0.1, 0.15) is 5.56 Å². The second-order valence-corrected chi connectivity index (χ2v) is 6.46. The fraction of sp³-hybridized carbons (Fsp3) is 0.333. The molecule has 4 nitrogen and oxygen atoms in total. The standard InChI is InChI=1S/C18H21N3OS/c1-23-16-7-5-15(6-8-16)14-18(22)21-12-10-20(11-13-21)17-4-2-3-9-19-17/h2-9H,10-14H2,1H3. The molecule has 0 aliphatic carbocycles. The molecule has 120 valence electrons. The van der Waals surface area contributed by atoms with Crippen LogP contribution in [0.5, 0.6) is 0 Å². The maximum atomic E-state index is 12.5. The van der Waals surface area contributed by atoms with Crippen molar-refractivity contribution >= 4 is 23.5 Å². The van der Waals surface area contributed by atoms with Crippen molar-refractivity contribution in [3.63, 3.8) is 0 Å². The zero-order valence-electron chi connectivity index (χ0n) is 13.3. The predicted molar refractivity (Wildman–Crippen MR) is 95.0 cm³/mol. The summed E-state index contributed by atoms with van der Waals surface area (Å²) in [6.45, 7) is 3.21. The molecule has 0 unspecified atom stereocenters. The van der Waals surface area contributed by atoms with Crippen LogP contribution in [0.4, 0.5) is 5.82 Å². The zero-order valence-corrected chi connectivity index (χ0v) is 14.1. The Balaban J connectivity index is 1.53. The van der Waals surface area contributed by atoms with Crippen LogP contribution in [0.2, 0.25) is 0 Å². The van der Waals surface area contributed by atoms with Gasteiger partial charge in [-0.1, -0.05) is 18.2 Å². The Morgan fingerprint density at radius 2 is 1.83 bits per heavy atom. The number of amides is 1. The van der Waals surface area contributed by atoms with E-state index in [0.717, 1.165) is 37.6 Å². The van der Waals surface area contributed by atoms with Crippen LogP contribution in [-0.2, 0) is 11.2 Å². The first kappa shape index (κ1) is 15.9. The number of hydrogen-bond acceptors (Lipinski definition) is 4. The lowest BCUT2D eigenvalue weighted by atomic mass is 10.1. The largest absolute Gasteiger partial charge is 0.353 e. The number of benzene rings is 1. The minimum Gasteiger partial charge on any atom is -0.353 e. The van der Waals surface area contributed by atoms with Crippen LogP contribution in [-0.4, -0.2) is 48.2 Å². The van der Waals surface area contributed by atoms with Gasteiger partial charge in [-0.2, -0.15) is 0 Å². The third-order valence-electron chi connectivity index (χ3n) is 4.12. The Kier molecular flexibility index (Phi) is 5.18. The lowest BCUT2D eigenvalue weighted by molar-refractivity contribution is -0.130. The van der Waals surface area contributed by atoms with E-state index in [1.54, 1.807) is 11.8 Å². The van der Waals surface area contributed by atoms with Crippen LogP contribution in [0.15, 0.2) is 53.6 Å². The highest BCUT2D eigenvalue weighted by atomic mass is 32.2. The van der Waals surface area contributed by atoms with Gasteiger partial charge in [0.1, 0.15) is 5.82 Å². The predicted octanol–water partition coefficient (Wildman–Crippen LogP) is 2.69. The van der Waals surface area contributed by atoms with Gasteiger partial charge in [0.2, 0.25) is 5.91 Å². The minimum absolute atomic E-state index is 0.211. The molecule has 1 aromatic carbocycles. The van der Waals surface area contributed by atoms with E-state index in [-0.39, 0.29) is 5.91 Å². The Morgan fingerprint density at radius 3 is 2.43 bits per heavy atom. The van der Waals surface area contributed by atoms with E-state index in [0.29, 0.717) is 6.42 Å². The normalized spacial score (nSPS) is 14.8. The number of pyridine rings is 1. The number of thioether (sulfide) groups is 1. The number of carbonyl (C=O) groups excluding carboxylic acids is 1. The van der Waals surface area contributed by atoms with Crippen molar-refractivity contribution in [3.8, 4) is 0 Å². The summed E-state index contributed by atoms with van der Waals surface area (Å²) in [7, 11) is 0.